The standard InChI is InChI=1S/C25H30ClN5OS/c1-31-12-4-6-16(15-31)5-3-11-27-25-28-14-20(26)23(30-25)22-13-19-18(7-2-8-21(19)33-22)24(32)29-17-9-10-17/h2,7-8,13-14,16-17H,3-6,9-12,15H2,1H3,(H,29,32)(H,27,28,30). The van der Waals surface area contributed by atoms with Gasteiger partial charge in [0.1, 0.15) is 5.69 Å². The summed E-state index contributed by atoms with van der Waals surface area (Å²) in [7, 11) is 2.21. The molecular weight excluding hydrogens is 454 g/mol. The Labute approximate surface area is 203 Å². The van der Waals surface area contributed by atoms with Crippen LogP contribution >= 0.6 is 22.9 Å². The zero-order valence-electron chi connectivity index (χ0n) is 18.9. The van der Waals surface area contributed by atoms with Gasteiger partial charge in [0, 0.05) is 34.8 Å². The van der Waals surface area contributed by atoms with Crippen molar-refractivity contribution in [3.05, 3.63) is 41.0 Å². The Bertz CT molecular complexity index is 1150. The van der Waals surface area contributed by atoms with Crippen LogP contribution < -0.4 is 10.6 Å². The summed E-state index contributed by atoms with van der Waals surface area (Å²) in [5.74, 6) is 1.38. The highest BCUT2D eigenvalue weighted by molar-refractivity contribution is 7.22. The minimum atomic E-state index is -0.00671. The first kappa shape index (κ1) is 22.6. The summed E-state index contributed by atoms with van der Waals surface area (Å²) < 4.78 is 1.05. The fourth-order valence-corrected chi connectivity index (χ4v) is 5.93. The van der Waals surface area contributed by atoms with Crippen molar-refractivity contribution in [1.82, 2.24) is 20.2 Å². The number of hydrogen-bond acceptors (Lipinski definition) is 6. The van der Waals surface area contributed by atoms with Crippen molar-refractivity contribution >= 4 is 44.9 Å². The van der Waals surface area contributed by atoms with Crippen molar-refractivity contribution in [2.45, 2.75) is 44.6 Å². The van der Waals surface area contributed by atoms with E-state index in [1.54, 1.807) is 17.5 Å². The normalized spacial score (nSPS) is 19.0. The number of carbonyl (C=O) groups is 1. The Balaban J connectivity index is 1.28. The molecule has 0 bridgehead atoms. The van der Waals surface area contributed by atoms with Gasteiger partial charge in [-0.2, -0.15) is 0 Å². The summed E-state index contributed by atoms with van der Waals surface area (Å²) in [5, 5.41) is 7.92. The van der Waals surface area contributed by atoms with Crippen LogP contribution in [0, 0.1) is 5.92 Å². The number of anilines is 1. The largest absolute Gasteiger partial charge is 0.354 e. The first-order valence-electron chi connectivity index (χ1n) is 11.9. The molecule has 6 nitrogen and oxygen atoms in total. The second-order valence-corrected chi connectivity index (χ2v) is 10.8. The Morgan fingerprint density at radius 2 is 2.18 bits per heavy atom. The molecule has 3 heterocycles. The first-order chi connectivity index (χ1) is 16.1. The molecule has 8 heteroatoms. The zero-order valence-corrected chi connectivity index (χ0v) is 20.5. The number of halogens is 1. The molecule has 3 aromatic rings. The van der Waals surface area contributed by atoms with Crippen molar-refractivity contribution in [3.63, 3.8) is 0 Å². The van der Waals surface area contributed by atoms with E-state index in [-0.39, 0.29) is 5.91 Å². The van der Waals surface area contributed by atoms with Crippen LogP contribution in [-0.4, -0.2) is 53.5 Å². The van der Waals surface area contributed by atoms with Crippen molar-refractivity contribution in [2.24, 2.45) is 5.92 Å². The number of piperidine rings is 1. The lowest BCUT2D eigenvalue weighted by molar-refractivity contribution is 0.0953. The molecule has 1 atom stereocenters. The van der Waals surface area contributed by atoms with Crippen LogP contribution in [0.15, 0.2) is 30.5 Å². The number of benzene rings is 1. The lowest BCUT2D eigenvalue weighted by atomic mass is 9.94. The van der Waals surface area contributed by atoms with Crippen LogP contribution in [0.1, 0.15) is 48.9 Å². The maximum atomic E-state index is 12.7. The Kier molecular flexibility index (Phi) is 6.81. The summed E-state index contributed by atoms with van der Waals surface area (Å²) in [6.45, 7) is 3.27. The number of hydrogen-bond donors (Lipinski definition) is 2. The van der Waals surface area contributed by atoms with E-state index < -0.39 is 0 Å². The number of fused-ring (bicyclic) bond motifs is 1. The fraction of sp³-hybridized carbons (Fsp3) is 0.480. The molecule has 1 aromatic carbocycles. The van der Waals surface area contributed by atoms with Gasteiger partial charge in [0.05, 0.1) is 16.1 Å². The summed E-state index contributed by atoms with van der Waals surface area (Å²) in [6, 6.07) is 8.21. The van der Waals surface area contributed by atoms with E-state index in [1.165, 1.54) is 32.4 Å². The molecule has 1 saturated carbocycles. The van der Waals surface area contributed by atoms with E-state index in [0.29, 0.717) is 28.3 Å². The van der Waals surface area contributed by atoms with E-state index >= 15 is 0 Å². The van der Waals surface area contributed by atoms with Gasteiger partial charge in [0.25, 0.3) is 5.91 Å². The van der Waals surface area contributed by atoms with Gasteiger partial charge >= 0.3 is 0 Å². The maximum absolute atomic E-state index is 12.7. The number of amides is 1. The summed E-state index contributed by atoms with van der Waals surface area (Å²) >= 11 is 8.08. The molecule has 2 aliphatic rings. The molecule has 0 radical (unpaired) electrons. The SMILES string of the molecule is CN1CCCC(CCCNc2ncc(Cl)c(-c3cc4c(C(=O)NC5CC5)cccc4s3)n2)C1. The molecule has 33 heavy (non-hydrogen) atoms. The third kappa shape index (κ3) is 5.48. The van der Waals surface area contributed by atoms with Crippen molar-refractivity contribution in [1.29, 1.82) is 0 Å². The number of likely N-dealkylation sites (tertiary alicyclic amines) is 1. The molecule has 0 spiro atoms. The van der Waals surface area contributed by atoms with Gasteiger partial charge in [-0.25, -0.2) is 9.97 Å². The number of nitrogens with zero attached hydrogens (tertiary/aromatic N) is 3. The van der Waals surface area contributed by atoms with Gasteiger partial charge in [-0.15, -0.1) is 11.3 Å². The highest BCUT2D eigenvalue weighted by atomic mass is 35.5. The second-order valence-electron chi connectivity index (χ2n) is 9.31. The van der Waals surface area contributed by atoms with Gasteiger partial charge < -0.3 is 15.5 Å². The molecule has 1 amide bonds. The van der Waals surface area contributed by atoms with Gasteiger partial charge in [-0.3, -0.25) is 4.79 Å². The van der Waals surface area contributed by atoms with Crippen LogP contribution in [0.2, 0.25) is 5.02 Å². The number of carbonyl (C=O) groups excluding carboxylic acids is 1. The molecule has 2 fully saturated rings. The Morgan fingerprint density at radius 3 is 3.00 bits per heavy atom. The molecule has 1 saturated heterocycles. The van der Waals surface area contributed by atoms with Gasteiger partial charge in [0.2, 0.25) is 5.95 Å². The van der Waals surface area contributed by atoms with Crippen LogP contribution in [0.3, 0.4) is 0 Å². The first-order valence-corrected chi connectivity index (χ1v) is 13.0. The molecule has 2 aromatic heterocycles. The third-order valence-electron chi connectivity index (χ3n) is 6.49. The molecule has 1 aliphatic carbocycles. The average molecular weight is 484 g/mol. The minimum Gasteiger partial charge on any atom is -0.354 e. The molecule has 2 N–H and O–H groups in total. The van der Waals surface area contributed by atoms with Gasteiger partial charge in [-0.1, -0.05) is 17.7 Å². The number of thiophene rings is 1. The van der Waals surface area contributed by atoms with Crippen molar-refractivity contribution in [2.75, 3.05) is 32.0 Å². The predicted molar refractivity (Wildman–Crippen MR) is 136 cm³/mol. The van der Waals surface area contributed by atoms with Gasteiger partial charge in [0.15, 0.2) is 0 Å². The van der Waals surface area contributed by atoms with Crippen LogP contribution in [0.4, 0.5) is 5.95 Å². The van der Waals surface area contributed by atoms with E-state index in [0.717, 1.165) is 46.7 Å². The Morgan fingerprint density at radius 1 is 1.30 bits per heavy atom. The van der Waals surface area contributed by atoms with Crippen LogP contribution in [0.25, 0.3) is 20.7 Å². The summed E-state index contributed by atoms with van der Waals surface area (Å²) in [6.07, 6.45) is 8.76. The second kappa shape index (κ2) is 9.95. The van der Waals surface area contributed by atoms with Crippen LogP contribution in [0.5, 0.6) is 0 Å². The van der Waals surface area contributed by atoms with Crippen molar-refractivity contribution in [3.8, 4) is 10.6 Å². The molecular formula is C25H30ClN5OS. The molecule has 174 valence electrons. The molecule has 1 unspecified atom stereocenters. The molecule has 1 aliphatic heterocycles. The topological polar surface area (TPSA) is 70.2 Å². The quantitative estimate of drug-likeness (QED) is 0.417. The van der Waals surface area contributed by atoms with E-state index in [4.69, 9.17) is 16.6 Å². The third-order valence-corrected chi connectivity index (χ3v) is 7.87. The van der Waals surface area contributed by atoms with Crippen molar-refractivity contribution < 1.29 is 4.79 Å². The van der Waals surface area contributed by atoms with E-state index in [2.05, 4.69) is 27.6 Å². The van der Waals surface area contributed by atoms with E-state index in [9.17, 15) is 4.79 Å². The number of aromatic nitrogens is 2. The Hall–Kier alpha value is -2.22. The number of nitrogens with one attached hydrogen (secondary N) is 2. The predicted octanol–water partition coefficient (Wildman–Crippen LogP) is 5.44. The smallest absolute Gasteiger partial charge is 0.252 e. The monoisotopic (exact) mass is 483 g/mol. The lowest BCUT2D eigenvalue weighted by Crippen LogP contribution is -2.32. The summed E-state index contributed by atoms with van der Waals surface area (Å²) in [5.41, 5.74) is 1.41. The van der Waals surface area contributed by atoms with Gasteiger partial charge in [-0.05, 0) is 76.2 Å². The highest BCUT2D eigenvalue weighted by Crippen LogP contribution is 2.37. The zero-order chi connectivity index (χ0) is 22.8. The van der Waals surface area contributed by atoms with E-state index in [1.807, 2.05) is 24.3 Å². The summed E-state index contributed by atoms with van der Waals surface area (Å²) in [4.78, 5) is 25.2. The minimum absolute atomic E-state index is 0.00671. The maximum Gasteiger partial charge on any atom is 0.252 e. The number of rotatable bonds is 8. The fourth-order valence-electron chi connectivity index (χ4n) is 4.59. The molecule has 5 rings (SSSR count). The van der Waals surface area contributed by atoms with Crippen LogP contribution in [-0.2, 0) is 0 Å². The highest BCUT2D eigenvalue weighted by Gasteiger charge is 2.25. The average Bonchev–Trinajstić information content (AvgIpc) is 3.51. The lowest BCUT2D eigenvalue weighted by Gasteiger charge is -2.29.